The van der Waals surface area contributed by atoms with E-state index in [-0.39, 0.29) is 0 Å². The van der Waals surface area contributed by atoms with E-state index < -0.39 is 0 Å². The molecule has 3 unspecified atom stereocenters. The van der Waals surface area contributed by atoms with Crippen LogP contribution in [0.1, 0.15) is 12.8 Å². The molecule has 3 atom stereocenters. The van der Waals surface area contributed by atoms with Crippen LogP contribution < -0.4 is 0 Å². The van der Waals surface area contributed by atoms with Crippen LogP contribution in [0.3, 0.4) is 0 Å². The highest BCUT2D eigenvalue weighted by Crippen LogP contribution is 2.60. The fraction of sp³-hybridized carbons (Fsp3) is 1.00. The van der Waals surface area contributed by atoms with E-state index in [2.05, 4.69) is 22.6 Å². The minimum Gasteiger partial charge on any atom is -0.0861 e. The van der Waals surface area contributed by atoms with E-state index in [9.17, 15) is 0 Å². The highest BCUT2D eigenvalue weighted by atomic mass is 127. The lowest BCUT2D eigenvalue weighted by atomic mass is 9.88. The maximum absolute atomic E-state index is 2.51. The molecule has 0 saturated heterocycles. The highest BCUT2D eigenvalue weighted by molar-refractivity contribution is 14.1. The number of fused-ring (bicyclic) bond motifs is 1. The van der Waals surface area contributed by atoms with Crippen molar-refractivity contribution in [3.05, 3.63) is 0 Å². The molecule has 0 aromatic rings. The van der Waals surface area contributed by atoms with Crippen molar-refractivity contribution in [2.75, 3.05) is 4.43 Å². The van der Waals surface area contributed by atoms with Crippen molar-refractivity contribution in [3.8, 4) is 0 Å². The van der Waals surface area contributed by atoms with Crippen LogP contribution >= 0.6 is 22.6 Å². The van der Waals surface area contributed by atoms with Gasteiger partial charge < -0.3 is 0 Å². The Hall–Kier alpha value is 0.730. The first-order valence-electron chi connectivity index (χ1n) is 2.98. The number of hydrogen-bond donors (Lipinski definition) is 0. The van der Waals surface area contributed by atoms with Crippen LogP contribution in [-0.4, -0.2) is 4.43 Å². The minimum atomic E-state index is 1.14. The fourth-order valence-electron chi connectivity index (χ4n) is 1.66. The molecule has 0 heterocycles. The molecule has 2 fully saturated rings. The molecule has 2 aliphatic rings. The number of alkyl halides is 1. The van der Waals surface area contributed by atoms with Gasteiger partial charge >= 0.3 is 0 Å². The van der Waals surface area contributed by atoms with Crippen molar-refractivity contribution in [3.63, 3.8) is 0 Å². The van der Waals surface area contributed by atoms with E-state index in [1.54, 1.807) is 12.8 Å². The monoisotopic (exact) mass is 208 g/mol. The number of hydrogen-bond acceptors (Lipinski definition) is 0. The van der Waals surface area contributed by atoms with Crippen LogP contribution in [0.4, 0.5) is 0 Å². The molecule has 0 aromatic carbocycles. The van der Waals surface area contributed by atoms with Crippen LogP contribution in [-0.2, 0) is 0 Å². The van der Waals surface area contributed by atoms with Crippen LogP contribution in [0, 0.1) is 17.8 Å². The molecule has 1 heteroatoms. The Morgan fingerprint density at radius 1 is 1.43 bits per heavy atom. The van der Waals surface area contributed by atoms with Gasteiger partial charge in [-0.05, 0) is 30.6 Å². The molecule has 2 rings (SSSR count). The first kappa shape index (κ1) is 4.59. The van der Waals surface area contributed by atoms with Gasteiger partial charge in [-0.25, -0.2) is 0 Å². The van der Waals surface area contributed by atoms with Crippen molar-refractivity contribution in [1.29, 1.82) is 0 Å². The Balaban J connectivity index is 1.92. The lowest BCUT2D eigenvalue weighted by molar-refractivity contribution is 0.328. The Morgan fingerprint density at radius 2 is 2.29 bits per heavy atom. The predicted molar refractivity (Wildman–Crippen MR) is 38.6 cm³/mol. The second kappa shape index (κ2) is 1.36. The molecule has 0 N–H and O–H groups in total. The molecule has 2 aliphatic carbocycles. The van der Waals surface area contributed by atoms with E-state index in [1.807, 2.05) is 0 Å². The van der Waals surface area contributed by atoms with Crippen LogP contribution in [0.2, 0.25) is 0 Å². The quantitative estimate of drug-likeness (QED) is 0.457. The Labute approximate surface area is 57.8 Å². The maximum Gasteiger partial charge on any atom is 0.00265 e. The van der Waals surface area contributed by atoms with Gasteiger partial charge in [0, 0.05) is 4.43 Å². The standard InChI is InChI=1S/C6H9I/c7-3-5-1-4-2-6(4)5/h4-6H,1-3H2. The molecule has 0 amide bonds. The van der Waals surface area contributed by atoms with Gasteiger partial charge in [0.25, 0.3) is 0 Å². The molecule has 2 saturated carbocycles. The fourth-order valence-corrected chi connectivity index (χ4v) is 2.68. The summed E-state index contributed by atoms with van der Waals surface area (Å²) < 4.78 is 1.42. The average Bonchev–Trinajstić information content (AvgIpc) is 2.18. The van der Waals surface area contributed by atoms with Gasteiger partial charge in [-0.3, -0.25) is 0 Å². The Morgan fingerprint density at radius 3 is 2.43 bits per heavy atom. The van der Waals surface area contributed by atoms with Crippen LogP contribution in [0.25, 0.3) is 0 Å². The van der Waals surface area contributed by atoms with E-state index in [0.717, 1.165) is 5.92 Å². The second-order valence-corrected chi connectivity index (χ2v) is 3.69. The third-order valence-electron chi connectivity index (χ3n) is 2.39. The van der Waals surface area contributed by atoms with Gasteiger partial charge in [0.15, 0.2) is 0 Å². The predicted octanol–water partition coefficient (Wildman–Crippen LogP) is 2.08. The zero-order valence-corrected chi connectivity index (χ0v) is 6.39. The third-order valence-corrected chi connectivity index (χ3v) is 3.52. The molecule has 0 bridgehead atoms. The molecule has 0 nitrogen and oxygen atoms in total. The lowest BCUT2D eigenvalue weighted by Crippen LogP contribution is -2.16. The van der Waals surface area contributed by atoms with Crippen molar-refractivity contribution in [1.82, 2.24) is 0 Å². The largest absolute Gasteiger partial charge is 0.0861 e. The normalized spacial score (nSPS) is 55.3. The summed E-state index contributed by atoms with van der Waals surface area (Å²) in [4.78, 5) is 0. The molecule has 0 radical (unpaired) electrons. The zero-order valence-electron chi connectivity index (χ0n) is 4.23. The Bertz CT molecular complexity index is 90.2. The molecule has 7 heavy (non-hydrogen) atoms. The molecular weight excluding hydrogens is 199 g/mol. The van der Waals surface area contributed by atoms with Gasteiger partial charge in [0.05, 0.1) is 0 Å². The Kier molecular flexibility index (Phi) is 0.895. The summed E-state index contributed by atoms with van der Waals surface area (Å²) in [6.07, 6.45) is 3.14. The summed E-state index contributed by atoms with van der Waals surface area (Å²) in [5, 5.41) is 0. The lowest BCUT2D eigenvalue weighted by Gasteiger charge is -2.21. The molecule has 0 aromatic heterocycles. The maximum atomic E-state index is 2.51. The van der Waals surface area contributed by atoms with Gasteiger partial charge in [0.2, 0.25) is 0 Å². The minimum absolute atomic E-state index is 1.14. The van der Waals surface area contributed by atoms with Gasteiger partial charge in [-0.15, -0.1) is 0 Å². The van der Waals surface area contributed by atoms with Gasteiger partial charge in [-0.1, -0.05) is 22.6 Å². The smallest absolute Gasteiger partial charge is 0.00265 e. The van der Waals surface area contributed by atoms with E-state index in [0.29, 0.717) is 0 Å². The van der Waals surface area contributed by atoms with E-state index in [1.165, 1.54) is 16.3 Å². The summed E-state index contributed by atoms with van der Waals surface area (Å²) in [7, 11) is 0. The van der Waals surface area contributed by atoms with E-state index >= 15 is 0 Å². The molecule has 40 valence electrons. The summed E-state index contributed by atoms with van der Waals surface area (Å²) in [6.45, 7) is 0. The van der Waals surface area contributed by atoms with Crippen molar-refractivity contribution in [2.24, 2.45) is 17.8 Å². The summed E-state index contributed by atoms with van der Waals surface area (Å²) in [5.41, 5.74) is 0. The SMILES string of the molecule is ICC1CC2CC12. The summed E-state index contributed by atoms with van der Waals surface area (Å²) >= 11 is 2.51. The second-order valence-electron chi connectivity index (χ2n) is 2.81. The third kappa shape index (κ3) is 0.538. The van der Waals surface area contributed by atoms with Gasteiger partial charge in [-0.2, -0.15) is 0 Å². The zero-order chi connectivity index (χ0) is 4.85. The number of halogens is 1. The van der Waals surface area contributed by atoms with E-state index in [4.69, 9.17) is 0 Å². The molecule has 0 aliphatic heterocycles. The average molecular weight is 208 g/mol. The number of rotatable bonds is 1. The van der Waals surface area contributed by atoms with Crippen molar-refractivity contribution < 1.29 is 0 Å². The topological polar surface area (TPSA) is 0 Å². The van der Waals surface area contributed by atoms with Crippen LogP contribution in [0.15, 0.2) is 0 Å². The molecule has 0 spiro atoms. The first-order valence-corrected chi connectivity index (χ1v) is 4.50. The summed E-state index contributed by atoms with van der Waals surface area (Å²) in [5.74, 6) is 3.56. The van der Waals surface area contributed by atoms with Crippen molar-refractivity contribution in [2.45, 2.75) is 12.8 Å². The van der Waals surface area contributed by atoms with Crippen molar-refractivity contribution >= 4 is 22.6 Å². The first-order chi connectivity index (χ1) is 3.42. The summed E-state index contributed by atoms with van der Waals surface area (Å²) in [6, 6.07) is 0. The molecular formula is C6H9I. The van der Waals surface area contributed by atoms with Gasteiger partial charge in [0.1, 0.15) is 0 Å². The van der Waals surface area contributed by atoms with Crippen LogP contribution in [0.5, 0.6) is 0 Å². The highest BCUT2D eigenvalue weighted by Gasteiger charge is 2.52.